The normalized spacial score (nSPS) is 20.3. The van der Waals surface area contributed by atoms with Crippen LogP contribution in [0.3, 0.4) is 0 Å². The van der Waals surface area contributed by atoms with Crippen LogP contribution >= 0.6 is 0 Å². The molecule has 0 aromatic carbocycles. The van der Waals surface area contributed by atoms with Crippen molar-refractivity contribution < 1.29 is 0 Å². The minimum Gasteiger partial charge on any atom is -0.311 e. The number of hydrogen-bond donors (Lipinski definition) is 1. The number of hydrogen-bond acceptors (Lipinski definition) is 3. The van der Waals surface area contributed by atoms with E-state index in [1.54, 1.807) is 6.07 Å². The second-order valence-corrected chi connectivity index (χ2v) is 5.91. The van der Waals surface area contributed by atoms with Crippen LogP contribution in [0.1, 0.15) is 45.1 Å². The molecule has 1 aliphatic heterocycles. The summed E-state index contributed by atoms with van der Waals surface area (Å²) in [7, 11) is 0. The van der Waals surface area contributed by atoms with Gasteiger partial charge < -0.3 is 9.88 Å². The first-order chi connectivity index (χ1) is 8.40. The number of nitrogens with one attached hydrogen (secondary N) is 1. The van der Waals surface area contributed by atoms with Crippen molar-refractivity contribution in [3.05, 3.63) is 27.9 Å². The van der Waals surface area contributed by atoms with Crippen LogP contribution < -0.4 is 5.56 Å². The fourth-order valence-corrected chi connectivity index (χ4v) is 2.68. The number of likely N-dealkylation sites (tertiary alicyclic amines) is 1. The van der Waals surface area contributed by atoms with Crippen molar-refractivity contribution in [3.8, 4) is 0 Å². The van der Waals surface area contributed by atoms with E-state index >= 15 is 0 Å². The number of aromatic nitrogens is 2. The van der Waals surface area contributed by atoms with E-state index in [1.807, 2.05) is 6.92 Å². The molecule has 0 saturated carbocycles. The van der Waals surface area contributed by atoms with Crippen molar-refractivity contribution in [1.82, 2.24) is 14.9 Å². The molecule has 0 aliphatic carbocycles. The van der Waals surface area contributed by atoms with E-state index in [4.69, 9.17) is 0 Å². The summed E-state index contributed by atoms with van der Waals surface area (Å²) < 4.78 is 0. The van der Waals surface area contributed by atoms with Gasteiger partial charge in [-0.1, -0.05) is 6.92 Å². The summed E-state index contributed by atoms with van der Waals surface area (Å²) in [5, 5.41) is 0. The lowest BCUT2D eigenvalue weighted by atomic mass is 9.77. The smallest absolute Gasteiger partial charge is 0.251 e. The van der Waals surface area contributed by atoms with Gasteiger partial charge in [-0.05, 0) is 46.7 Å². The molecule has 2 heterocycles. The quantitative estimate of drug-likeness (QED) is 0.870. The van der Waals surface area contributed by atoms with Crippen molar-refractivity contribution in [3.63, 3.8) is 0 Å². The van der Waals surface area contributed by atoms with E-state index in [2.05, 4.69) is 35.6 Å². The van der Waals surface area contributed by atoms with Crippen LogP contribution in [0.5, 0.6) is 0 Å². The number of aryl methyl sites for hydroxylation is 1. The summed E-state index contributed by atoms with van der Waals surface area (Å²) in [6, 6.07) is 2.27. The van der Waals surface area contributed by atoms with Crippen molar-refractivity contribution in [2.75, 3.05) is 13.1 Å². The summed E-state index contributed by atoms with van der Waals surface area (Å²) in [4.78, 5) is 21.3. The van der Waals surface area contributed by atoms with Crippen LogP contribution in [0.4, 0.5) is 0 Å². The molecule has 1 aliphatic rings. The van der Waals surface area contributed by atoms with Crippen molar-refractivity contribution in [1.29, 1.82) is 0 Å². The Morgan fingerprint density at radius 1 is 1.39 bits per heavy atom. The molecule has 0 atom stereocenters. The van der Waals surface area contributed by atoms with Crippen LogP contribution in [0, 0.1) is 6.92 Å². The Morgan fingerprint density at radius 2 is 2.00 bits per heavy atom. The Balaban J connectivity index is 2.20. The molecular weight excluding hydrogens is 226 g/mol. The maximum absolute atomic E-state index is 11.6. The van der Waals surface area contributed by atoms with Crippen molar-refractivity contribution in [2.24, 2.45) is 0 Å². The molecule has 1 aromatic heterocycles. The third-order valence-electron chi connectivity index (χ3n) is 4.11. The molecule has 0 spiro atoms. The molecule has 100 valence electrons. The van der Waals surface area contributed by atoms with Crippen LogP contribution in [0.25, 0.3) is 0 Å². The van der Waals surface area contributed by atoms with Crippen LogP contribution in [-0.4, -0.2) is 34.0 Å². The highest BCUT2D eigenvalue weighted by atomic mass is 16.1. The van der Waals surface area contributed by atoms with E-state index in [0.29, 0.717) is 11.9 Å². The maximum atomic E-state index is 11.6. The topological polar surface area (TPSA) is 49.0 Å². The zero-order chi connectivity index (χ0) is 13.3. The Labute approximate surface area is 108 Å². The molecule has 1 saturated heterocycles. The highest BCUT2D eigenvalue weighted by Crippen LogP contribution is 2.33. The van der Waals surface area contributed by atoms with Gasteiger partial charge in [0, 0.05) is 17.5 Å². The molecule has 0 unspecified atom stereocenters. The van der Waals surface area contributed by atoms with Gasteiger partial charge in [-0.25, -0.2) is 4.98 Å². The van der Waals surface area contributed by atoms with Gasteiger partial charge in [-0.15, -0.1) is 0 Å². The zero-order valence-electron chi connectivity index (χ0n) is 11.8. The Hall–Kier alpha value is -1.16. The van der Waals surface area contributed by atoms with Gasteiger partial charge in [-0.2, -0.15) is 0 Å². The highest BCUT2D eigenvalue weighted by molar-refractivity contribution is 5.16. The monoisotopic (exact) mass is 249 g/mol. The fourth-order valence-electron chi connectivity index (χ4n) is 2.68. The molecule has 4 heteroatoms. The molecule has 18 heavy (non-hydrogen) atoms. The first kappa shape index (κ1) is 13.3. The Morgan fingerprint density at radius 3 is 2.50 bits per heavy atom. The van der Waals surface area contributed by atoms with Gasteiger partial charge >= 0.3 is 0 Å². The number of piperidine rings is 1. The molecule has 1 aromatic rings. The number of aromatic amines is 1. The van der Waals surface area contributed by atoms with E-state index < -0.39 is 0 Å². The lowest BCUT2D eigenvalue weighted by Gasteiger charge is -2.40. The number of rotatable bonds is 2. The average Bonchev–Trinajstić information content (AvgIpc) is 2.28. The lowest BCUT2D eigenvalue weighted by molar-refractivity contribution is 0.135. The minimum absolute atomic E-state index is 0.0370. The van der Waals surface area contributed by atoms with Gasteiger partial charge in [0.1, 0.15) is 5.82 Å². The molecule has 1 fully saturated rings. The van der Waals surface area contributed by atoms with Crippen LogP contribution in [-0.2, 0) is 5.41 Å². The molecule has 1 N–H and O–H groups in total. The summed E-state index contributed by atoms with van der Waals surface area (Å²) in [6.07, 6.45) is 2.14. The summed E-state index contributed by atoms with van der Waals surface area (Å²) >= 11 is 0. The van der Waals surface area contributed by atoms with E-state index in [9.17, 15) is 4.79 Å². The standard InChI is InChI=1S/C14H23N3O/c1-10(2)17-7-5-14(4,6-8-17)12-9-13(18)16-11(3)15-12/h9-10H,5-8H2,1-4H3,(H,15,16,18). The molecular formula is C14H23N3O. The van der Waals surface area contributed by atoms with Crippen molar-refractivity contribution >= 4 is 0 Å². The molecule has 0 bridgehead atoms. The van der Waals surface area contributed by atoms with Gasteiger partial charge in [0.2, 0.25) is 0 Å². The van der Waals surface area contributed by atoms with Crippen molar-refractivity contribution in [2.45, 2.75) is 52.0 Å². The first-order valence-electron chi connectivity index (χ1n) is 6.73. The molecule has 0 amide bonds. The third kappa shape index (κ3) is 2.64. The summed E-state index contributed by atoms with van der Waals surface area (Å²) in [5.41, 5.74) is 0.960. The first-order valence-corrected chi connectivity index (χ1v) is 6.73. The lowest BCUT2D eigenvalue weighted by Crippen LogP contribution is -2.44. The van der Waals surface area contributed by atoms with Gasteiger partial charge in [-0.3, -0.25) is 4.79 Å². The predicted molar refractivity (Wildman–Crippen MR) is 72.9 cm³/mol. The zero-order valence-corrected chi connectivity index (χ0v) is 11.8. The molecule has 2 rings (SSSR count). The molecule has 0 radical (unpaired) electrons. The highest BCUT2D eigenvalue weighted by Gasteiger charge is 2.33. The summed E-state index contributed by atoms with van der Waals surface area (Å²) in [5.74, 6) is 0.713. The SMILES string of the molecule is Cc1nc(C2(C)CCN(C(C)C)CC2)cc(=O)[nH]1. The minimum atomic E-state index is -0.0370. The van der Waals surface area contributed by atoms with Gasteiger partial charge in [0.25, 0.3) is 5.56 Å². The molecule has 4 nitrogen and oxygen atoms in total. The second kappa shape index (κ2) is 4.84. The Kier molecular flexibility index (Phi) is 3.57. The van der Waals surface area contributed by atoms with Gasteiger partial charge in [0.15, 0.2) is 0 Å². The van der Waals surface area contributed by atoms with Gasteiger partial charge in [0.05, 0.1) is 5.69 Å². The fraction of sp³-hybridized carbons (Fsp3) is 0.714. The second-order valence-electron chi connectivity index (χ2n) is 5.91. The van der Waals surface area contributed by atoms with Crippen LogP contribution in [0.2, 0.25) is 0 Å². The number of nitrogens with zero attached hydrogens (tertiary/aromatic N) is 2. The largest absolute Gasteiger partial charge is 0.311 e. The third-order valence-corrected chi connectivity index (χ3v) is 4.11. The Bertz CT molecular complexity index is 470. The summed E-state index contributed by atoms with van der Waals surface area (Å²) in [6.45, 7) is 10.7. The van der Waals surface area contributed by atoms with Crippen LogP contribution in [0.15, 0.2) is 10.9 Å². The average molecular weight is 249 g/mol. The predicted octanol–water partition coefficient (Wildman–Crippen LogP) is 1.84. The number of H-pyrrole nitrogens is 1. The van der Waals surface area contributed by atoms with E-state index in [0.717, 1.165) is 31.6 Å². The maximum Gasteiger partial charge on any atom is 0.251 e. The van der Waals surface area contributed by atoms with E-state index in [-0.39, 0.29) is 11.0 Å². The van der Waals surface area contributed by atoms with E-state index in [1.165, 1.54) is 0 Å².